The van der Waals surface area contributed by atoms with Gasteiger partial charge in [-0.05, 0) is 17.5 Å². The normalized spacial score (nSPS) is 26.1. The third kappa shape index (κ3) is 2.11. The number of carbonyl (C=O) groups excluding carboxylic acids is 2. The lowest BCUT2D eigenvalue weighted by molar-refractivity contribution is -0.142. The van der Waals surface area contributed by atoms with Gasteiger partial charge in [-0.3, -0.25) is 9.59 Å². The van der Waals surface area contributed by atoms with Crippen LogP contribution >= 0.6 is 0 Å². The van der Waals surface area contributed by atoms with E-state index in [1.165, 1.54) is 0 Å². The number of furan rings is 1. The Labute approximate surface area is 111 Å². The van der Waals surface area contributed by atoms with Gasteiger partial charge in [-0.1, -0.05) is 13.8 Å². The number of hydrogen-bond donors (Lipinski definition) is 0. The first-order valence-corrected chi connectivity index (χ1v) is 6.47. The summed E-state index contributed by atoms with van der Waals surface area (Å²) in [5, 5.41) is 0. The van der Waals surface area contributed by atoms with Crippen LogP contribution in [0.15, 0.2) is 34.1 Å². The SMILES string of the molecule is CC1(C)CC(=O)C2=C(C1)OC(=O)CC2c1ccco1. The van der Waals surface area contributed by atoms with E-state index in [9.17, 15) is 9.59 Å². The molecule has 1 aliphatic heterocycles. The first-order valence-electron chi connectivity index (χ1n) is 6.47. The van der Waals surface area contributed by atoms with Gasteiger partial charge in [-0.2, -0.15) is 0 Å². The van der Waals surface area contributed by atoms with E-state index in [-0.39, 0.29) is 29.5 Å². The first kappa shape index (κ1) is 12.2. The van der Waals surface area contributed by atoms with Gasteiger partial charge in [0.1, 0.15) is 11.5 Å². The topological polar surface area (TPSA) is 56.5 Å². The molecule has 1 aliphatic carbocycles. The molecule has 1 aromatic rings. The average Bonchev–Trinajstić information content (AvgIpc) is 2.78. The van der Waals surface area contributed by atoms with Crippen LogP contribution in [-0.4, -0.2) is 11.8 Å². The molecule has 0 saturated carbocycles. The zero-order valence-corrected chi connectivity index (χ0v) is 11.1. The highest BCUT2D eigenvalue weighted by Crippen LogP contribution is 2.45. The second-order valence-corrected chi connectivity index (χ2v) is 6.02. The average molecular weight is 260 g/mol. The molecule has 1 atom stereocenters. The standard InChI is InChI=1S/C15H16O4/c1-15(2)7-10(16)14-9(11-4-3-5-18-11)6-13(17)19-12(14)8-15/h3-5,9H,6-8H2,1-2H3. The number of ketones is 1. The molecule has 3 rings (SSSR count). The molecular formula is C15H16O4. The van der Waals surface area contributed by atoms with Crippen LogP contribution < -0.4 is 0 Å². The number of ether oxygens (including phenoxy) is 1. The minimum atomic E-state index is -0.286. The van der Waals surface area contributed by atoms with Crippen molar-refractivity contribution >= 4 is 11.8 Å². The van der Waals surface area contributed by atoms with Gasteiger partial charge >= 0.3 is 5.97 Å². The number of carbonyl (C=O) groups is 2. The number of allylic oxidation sites excluding steroid dienone is 2. The number of esters is 1. The van der Waals surface area contributed by atoms with Crippen molar-refractivity contribution in [3.8, 4) is 0 Å². The maximum Gasteiger partial charge on any atom is 0.311 e. The van der Waals surface area contributed by atoms with Gasteiger partial charge in [-0.25, -0.2) is 0 Å². The van der Waals surface area contributed by atoms with Crippen LogP contribution in [0.5, 0.6) is 0 Å². The zero-order chi connectivity index (χ0) is 13.6. The second kappa shape index (κ2) is 4.08. The van der Waals surface area contributed by atoms with Crippen LogP contribution in [0.1, 0.15) is 44.8 Å². The summed E-state index contributed by atoms with van der Waals surface area (Å²) in [6.07, 6.45) is 2.85. The fourth-order valence-electron chi connectivity index (χ4n) is 2.94. The van der Waals surface area contributed by atoms with Crippen molar-refractivity contribution in [2.24, 2.45) is 5.41 Å². The third-order valence-electron chi connectivity index (χ3n) is 3.72. The lowest BCUT2D eigenvalue weighted by Gasteiger charge is -2.35. The molecule has 0 aromatic carbocycles. The number of hydrogen-bond acceptors (Lipinski definition) is 4. The number of Topliss-reactive ketones (excluding diaryl/α,β-unsaturated/α-hetero) is 1. The maximum absolute atomic E-state index is 12.4. The van der Waals surface area contributed by atoms with E-state index in [4.69, 9.17) is 9.15 Å². The molecule has 0 spiro atoms. The van der Waals surface area contributed by atoms with Crippen molar-refractivity contribution in [3.05, 3.63) is 35.5 Å². The van der Waals surface area contributed by atoms with Gasteiger partial charge in [0.15, 0.2) is 5.78 Å². The lowest BCUT2D eigenvalue weighted by Crippen LogP contribution is -2.33. The van der Waals surface area contributed by atoms with E-state index in [1.54, 1.807) is 18.4 Å². The predicted molar refractivity (Wildman–Crippen MR) is 67.2 cm³/mol. The van der Waals surface area contributed by atoms with Crippen LogP contribution in [0.3, 0.4) is 0 Å². The molecule has 4 heteroatoms. The number of rotatable bonds is 1. The van der Waals surface area contributed by atoms with Crippen LogP contribution in [0.4, 0.5) is 0 Å². The van der Waals surface area contributed by atoms with E-state index < -0.39 is 0 Å². The summed E-state index contributed by atoms with van der Waals surface area (Å²) in [4.78, 5) is 24.1. The highest BCUT2D eigenvalue weighted by atomic mass is 16.5. The second-order valence-electron chi connectivity index (χ2n) is 6.02. The largest absolute Gasteiger partial charge is 0.469 e. The van der Waals surface area contributed by atoms with E-state index in [0.717, 1.165) is 0 Å². The quantitative estimate of drug-likeness (QED) is 0.728. The molecule has 2 heterocycles. The molecule has 19 heavy (non-hydrogen) atoms. The summed E-state index contributed by atoms with van der Waals surface area (Å²) in [7, 11) is 0. The van der Waals surface area contributed by atoms with Crippen LogP contribution in [0, 0.1) is 5.41 Å². The van der Waals surface area contributed by atoms with E-state index in [2.05, 4.69) is 0 Å². The van der Waals surface area contributed by atoms with Gasteiger partial charge in [0.25, 0.3) is 0 Å². The molecule has 0 radical (unpaired) electrons. The van der Waals surface area contributed by atoms with Crippen LogP contribution in [0.25, 0.3) is 0 Å². The summed E-state index contributed by atoms with van der Waals surface area (Å²) in [6, 6.07) is 3.58. The lowest BCUT2D eigenvalue weighted by atomic mass is 9.72. The molecular weight excluding hydrogens is 244 g/mol. The summed E-state index contributed by atoms with van der Waals surface area (Å²) in [6.45, 7) is 4.03. The van der Waals surface area contributed by atoms with E-state index >= 15 is 0 Å². The highest BCUT2D eigenvalue weighted by Gasteiger charge is 2.42. The van der Waals surface area contributed by atoms with Crippen molar-refractivity contribution < 1.29 is 18.7 Å². The Morgan fingerprint density at radius 3 is 2.74 bits per heavy atom. The van der Waals surface area contributed by atoms with E-state index in [1.807, 2.05) is 13.8 Å². The van der Waals surface area contributed by atoms with Crippen molar-refractivity contribution in [2.75, 3.05) is 0 Å². The summed E-state index contributed by atoms with van der Waals surface area (Å²) < 4.78 is 10.7. The van der Waals surface area contributed by atoms with Gasteiger partial charge in [0, 0.05) is 18.4 Å². The Hall–Kier alpha value is -1.84. The predicted octanol–water partition coefficient (Wildman–Crippen LogP) is 2.95. The molecule has 4 nitrogen and oxygen atoms in total. The van der Waals surface area contributed by atoms with Gasteiger partial charge in [-0.15, -0.1) is 0 Å². The first-order chi connectivity index (χ1) is 8.96. The highest BCUT2D eigenvalue weighted by molar-refractivity contribution is 6.00. The fourth-order valence-corrected chi connectivity index (χ4v) is 2.94. The van der Waals surface area contributed by atoms with Gasteiger partial charge < -0.3 is 9.15 Å². The molecule has 1 unspecified atom stereocenters. The van der Waals surface area contributed by atoms with Gasteiger partial charge in [0.2, 0.25) is 0 Å². The fraction of sp³-hybridized carbons (Fsp3) is 0.467. The Morgan fingerprint density at radius 1 is 1.26 bits per heavy atom. The summed E-state index contributed by atoms with van der Waals surface area (Å²) in [5.41, 5.74) is 0.482. The zero-order valence-electron chi connectivity index (χ0n) is 11.1. The minimum absolute atomic E-state index is 0.0696. The molecule has 0 N–H and O–H groups in total. The van der Waals surface area contributed by atoms with Crippen LogP contribution in [-0.2, 0) is 14.3 Å². The van der Waals surface area contributed by atoms with Crippen molar-refractivity contribution in [3.63, 3.8) is 0 Å². The Kier molecular flexibility index (Phi) is 2.62. The van der Waals surface area contributed by atoms with Crippen molar-refractivity contribution in [1.82, 2.24) is 0 Å². The summed E-state index contributed by atoms with van der Waals surface area (Å²) >= 11 is 0. The van der Waals surface area contributed by atoms with Crippen LogP contribution in [0.2, 0.25) is 0 Å². The summed E-state index contributed by atoms with van der Waals surface area (Å²) in [5.74, 6) is 0.705. The third-order valence-corrected chi connectivity index (χ3v) is 3.72. The molecule has 0 bridgehead atoms. The Balaban J connectivity index is 2.07. The molecule has 2 aliphatic rings. The van der Waals surface area contributed by atoms with E-state index in [0.29, 0.717) is 29.9 Å². The molecule has 1 aromatic heterocycles. The molecule has 0 amide bonds. The molecule has 0 saturated heterocycles. The van der Waals surface area contributed by atoms with Crippen molar-refractivity contribution in [2.45, 2.75) is 39.0 Å². The Bertz CT molecular complexity index is 563. The maximum atomic E-state index is 12.4. The molecule has 0 fully saturated rings. The minimum Gasteiger partial charge on any atom is -0.469 e. The van der Waals surface area contributed by atoms with Crippen molar-refractivity contribution in [1.29, 1.82) is 0 Å². The monoisotopic (exact) mass is 260 g/mol. The Morgan fingerprint density at radius 2 is 2.05 bits per heavy atom. The van der Waals surface area contributed by atoms with Gasteiger partial charge in [0.05, 0.1) is 18.6 Å². The molecule has 100 valence electrons. The smallest absolute Gasteiger partial charge is 0.311 e.